The molecule has 0 amide bonds. The zero-order valence-corrected chi connectivity index (χ0v) is 17.3. The summed E-state index contributed by atoms with van der Waals surface area (Å²) in [5, 5.41) is 13.0. The number of nitrogens with zero attached hydrogens (tertiary/aromatic N) is 6. The van der Waals surface area contributed by atoms with Crippen molar-refractivity contribution in [3.63, 3.8) is 0 Å². The lowest BCUT2D eigenvalue weighted by molar-refractivity contribution is 0.181. The molecular weight excluding hydrogens is 411 g/mol. The molecule has 0 saturated carbocycles. The highest BCUT2D eigenvalue weighted by Gasteiger charge is 2.20. The fourth-order valence-electron chi connectivity index (χ4n) is 3.71. The molecule has 5 rings (SSSR count). The van der Waals surface area contributed by atoms with Gasteiger partial charge in [0, 0.05) is 13.7 Å². The van der Waals surface area contributed by atoms with E-state index in [2.05, 4.69) is 20.3 Å². The van der Waals surface area contributed by atoms with E-state index in [0.29, 0.717) is 35.5 Å². The van der Waals surface area contributed by atoms with E-state index in [1.54, 1.807) is 19.2 Å². The molecule has 0 spiro atoms. The highest BCUT2D eigenvalue weighted by molar-refractivity contribution is 5.83. The molecule has 0 aliphatic carbocycles. The smallest absolute Gasteiger partial charge is 0.283 e. The van der Waals surface area contributed by atoms with E-state index < -0.39 is 0 Å². The number of hydrogen-bond donors (Lipinski definition) is 0. The van der Waals surface area contributed by atoms with Gasteiger partial charge in [0.2, 0.25) is 0 Å². The van der Waals surface area contributed by atoms with Crippen molar-refractivity contribution >= 4 is 16.8 Å². The average Bonchev–Trinajstić information content (AvgIpc) is 3.18. The van der Waals surface area contributed by atoms with E-state index >= 15 is 0 Å². The Kier molecular flexibility index (Phi) is 5.16. The Labute approximate surface area is 181 Å². The summed E-state index contributed by atoms with van der Waals surface area (Å²) in [5.41, 5.74) is 3.68. The normalized spacial score (nSPS) is 11.4. The Morgan fingerprint density at radius 2 is 1.78 bits per heavy atom. The highest BCUT2D eigenvalue weighted by atomic mass is 19.1. The third-order valence-electron chi connectivity index (χ3n) is 5.27. The molecule has 0 bridgehead atoms. The van der Waals surface area contributed by atoms with Gasteiger partial charge >= 0.3 is 0 Å². The van der Waals surface area contributed by atoms with Crippen LogP contribution in [0.3, 0.4) is 0 Å². The van der Waals surface area contributed by atoms with Crippen LogP contribution in [-0.4, -0.2) is 36.5 Å². The maximum atomic E-state index is 13.4. The van der Waals surface area contributed by atoms with Crippen molar-refractivity contribution in [2.75, 3.05) is 7.11 Å². The Morgan fingerprint density at radius 1 is 1.00 bits per heavy atom. The molecule has 3 heterocycles. The molecule has 3 aromatic heterocycles. The van der Waals surface area contributed by atoms with Crippen LogP contribution in [0.15, 0.2) is 65.7 Å². The van der Waals surface area contributed by atoms with Gasteiger partial charge in [-0.05, 0) is 29.7 Å². The Bertz CT molecular complexity index is 1460. The Balaban J connectivity index is 1.61. The summed E-state index contributed by atoms with van der Waals surface area (Å²) in [6.45, 7) is 0.687. The summed E-state index contributed by atoms with van der Waals surface area (Å²) in [5.74, 6) is -0.340. The quantitative estimate of drug-likeness (QED) is 0.412. The maximum Gasteiger partial charge on any atom is 0.283 e. The topological polar surface area (TPSA) is 87.2 Å². The zero-order chi connectivity index (χ0) is 22.1. The second-order valence-corrected chi connectivity index (χ2v) is 7.35. The molecule has 0 N–H and O–H groups in total. The second kappa shape index (κ2) is 8.27. The van der Waals surface area contributed by atoms with E-state index in [4.69, 9.17) is 4.74 Å². The molecule has 32 heavy (non-hydrogen) atoms. The van der Waals surface area contributed by atoms with E-state index in [1.807, 2.05) is 30.3 Å². The number of methoxy groups -OCH3 is 1. The average molecular weight is 430 g/mol. The fraction of sp³-hybridized carbons (Fsp3) is 0.174. The number of ether oxygens (including phenoxy) is 1. The molecule has 0 unspecified atom stereocenters. The van der Waals surface area contributed by atoms with Crippen LogP contribution in [0.5, 0.6) is 0 Å². The first kappa shape index (κ1) is 20.0. The minimum absolute atomic E-state index is 0.130. The highest BCUT2D eigenvalue weighted by Crippen LogP contribution is 2.28. The van der Waals surface area contributed by atoms with Gasteiger partial charge in [-0.25, -0.2) is 9.37 Å². The van der Waals surface area contributed by atoms with Crippen LogP contribution in [0.1, 0.15) is 11.3 Å². The molecule has 0 saturated heterocycles. The number of fused-ring (bicyclic) bond motifs is 3. The number of aryl methyl sites for hydroxylation is 2. The number of halogens is 1. The molecule has 160 valence electrons. The van der Waals surface area contributed by atoms with Crippen LogP contribution in [0, 0.1) is 5.82 Å². The molecule has 8 nitrogen and oxygen atoms in total. The Hall–Kier alpha value is -3.98. The van der Waals surface area contributed by atoms with Crippen molar-refractivity contribution < 1.29 is 9.13 Å². The predicted octanol–water partition coefficient (Wildman–Crippen LogP) is 3.03. The predicted molar refractivity (Wildman–Crippen MR) is 117 cm³/mol. The largest absolute Gasteiger partial charge is 0.378 e. The van der Waals surface area contributed by atoms with Crippen molar-refractivity contribution in [2.45, 2.75) is 19.6 Å². The van der Waals surface area contributed by atoms with Crippen molar-refractivity contribution in [1.29, 1.82) is 0 Å². The SMILES string of the molecule is COCc1nn2c(nnc3c(=O)n(CCc4ccccc4)cnc32)c1-c1ccc(F)cc1. The number of aromatic nitrogens is 6. The van der Waals surface area contributed by atoms with Crippen LogP contribution in [0.4, 0.5) is 4.39 Å². The van der Waals surface area contributed by atoms with Crippen LogP contribution in [0.25, 0.3) is 27.9 Å². The summed E-state index contributed by atoms with van der Waals surface area (Å²) in [4.78, 5) is 17.5. The first-order chi connectivity index (χ1) is 15.7. The van der Waals surface area contributed by atoms with E-state index in [9.17, 15) is 9.18 Å². The third-order valence-corrected chi connectivity index (χ3v) is 5.27. The van der Waals surface area contributed by atoms with E-state index in [-0.39, 0.29) is 23.5 Å². The molecule has 5 aromatic rings. The monoisotopic (exact) mass is 430 g/mol. The lowest BCUT2D eigenvalue weighted by Gasteiger charge is -2.07. The number of benzene rings is 2. The molecular formula is C23H19FN6O2. The van der Waals surface area contributed by atoms with Gasteiger partial charge in [0.15, 0.2) is 16.8 Å². The Morgan fingerprint density at radius 3 is 2.53 bits per heavy atom. The molecule has 0 atom stereocenters. The molecule has 0 aliphatic heterocycles. The lowest BCUT2D eigenvalue weighted by atomic mass is 10.1. The van der Waals surface area contributed by atoms with E-state index in [1.165, 1.54) is 27.5 Å². The van der Waals surface area contributed by atoms with Crippen molar-refractivity contribution in [1.82, 2.24) is 29.4 Å². The number of hydrogen-bond acceptors (Lipinski definition) is 6. The fourth-order valence-corrected chi connectivity index (χ4v) is 3.71. The second-order valence-electron chi connectivity index (χ2n) is 7.35. The van der Waals surface area contributed by atoms with Gasteiger partial charge in [0.25, 0.3) is 5.56 Å². The van der Waals surface area contributed by atoms with Gasteiger partial charge in [-0.2, -0.15) is 9.61 Å². The van der Waals surface area contributed by atoms with Crippen molar-refractivity contribution in [2.24, 2.45) is 0 Å². The van der Waals surface area contributed by atoms with Gasteiger partial charge in [0.05, 0.1) is 17.9 Å². The van der Waals surface area contributed by atoms with Gasteiger partial charge in [-0.1, -0.05) is 42.5 Å². The zero-order valence-electron chi connectivity index (χ0n) is 17.3. The van der Waals surface area contributed by atoms with Crippen molar-refractivity contribution in [3.05, 3.63) is 88.4 Å². The number of rotatable bonds is 6. The summed E-state index contributed by atoms with van der Waals surface area (Å²) in [6.07, 6.45) is 2.20. The van der Waals surface area contributed by atoms with Crippen LogP contribution in [-0.2, 0) is 24.3 Å². The van der Waals surface area contributed by atoms with Gasteiger partial charge in [-0.3, -0.25) is 9.36 Å². The summed E-state index contributed by atoms with van der Waals surface area (Å²) in [7, 11) is 1.56. The first-order valence-electron chi connectivity index (χ1n) is 10.1. The van der Waals surface area contributed by atoms with Crippen LogP contribution >= 0.6 is 0 Å². The molecule has 0 aliphatic rings. The minimum atomic E-state index is -0.340. The summed E-state index contributed by atoms with van der Waals surface area (Å²) < 4.78 is 21.7. The summed E-state index contributed by atoms with van der Waals surface area (Å²) >= 11 is 0. The third kappa shape index (κ3) is 3.52. The molecule has 9 heteroatoms. The van der Waals surface area contributed by atoms with Gasteiger partial charge in [-0.15, -0.1) is 10.2 Å². The standard InChI is InChI=1S/C23H19FN6O2/c1-32-13-18-19(16-7-9-17(24)10-8-16)21-27-26-20-22(30(21)28-18)25-14-29(23(20)31)12-11-15-5-3-2-4-6-15/h2-10,14H,11-13H2,1H3. The van der Waals surface area contributed by atoms with Crippen molar-refractivity contribution in [3.8, 4) is 11.1 Å². The van der Waals surface area contributed by atoms with Crippen LogP contribution in [0.2, 0.25) is 0 Å². The molecule has 0 fully saturated rings. The van der Waals surface area contributed by atoms with Gasteiger partial charge < -0.3 is 4.74 Å². The maximum absolute atomic E-state index is 13.4. The van der Waals surface area contributed by atoms with Crippen LogP contribution < -0.4 is 5.56 Å². The minimum Gasteiger partial charge on any atom is -0.378 e. The van der Waals surface area contributed by atoms with E-state index in [0.717, 1.165) is 11.1 Å². The molecule has 2 aromatic carbocycles. The molecule has 0 radical (unpaired) electrons. The lowest BCUT2D eigenvalue weighted by Crippen LogP contribution is -2.23. The first-order valence-corrected chi connectivity index (χ1v) is 10.1. The van der Waals surface area contributed by atoms with Gasteiger partial charge in [0.1, 0.15) is 12.1 Å². The summed E-state index contributed by atoms with van der Waals surface area (Å²) in [6, 6.07) is 15.9.